The molecule has 1 unspecified atom stereocenters. The van der Waals surface area contributed by atoms with Crippen molar-refractivity contribution in [2.24, 2.45) is 0 Å². The number of rotatable bonds is 7. The van der Waals surface area contributed by atoms with E-state index in [1.165, 1.54) is 35.8 Å². The minimum Gasteiger partial charge on any atom is -0.379 e. The van der Waals surface area contributed by atoms with Crippen LogP contribution in [0.4, 0.5) is 11.4 Å². The van der Waals surface area contributed by atoms with Gasteiger partial charge in [0, 0.05) is 23.4 Å². The number of sulfone groups is 1. The van der Waals surface area contributed by atoms with E-state index in [1.807, 2.05) is 0 Å². The number of hydrogen-bond acceptors (Lipinski definition) is 8. The lowest BCUT2D eigenvalue weighted by molar-refractivity contribution is -0.384. The number of hydrogen-bond donors (Lipinski definition) is 4. The van der Waals surface area contributed by atoms with Crippen LogP contribution in [-0.2, 0) is 14.6 Å². The number of carbonyl (C=O) groups is 2. The first kappa shape index (κ1) is 21.9. The fourth-order valence-electron chi connectivity index (χ4n) is 2.35. The molecule has 154 valence electrons. The topological polar surface area (TPSA) is 176 Å². The van der Waals surface area contributed by atoms with E-state index in [2.05, 4.69) is 5.32 Å². The molecule has 2 aromatic carbocycles. The Balaban J connectivity index is 2.16. The highest BCUT2D eigenvalue weighted by Crippen LogP contribution is 2.20. The van der Waals surface area contributed by atoms with Crippen molar-refractivity contribution in [3.8, 4) is 0 Å². The molecule has 0 saturated heterocycles. The lowest BCUT2D eigenvalue weighted by atomic mass is 10.1. The number of carbonyl (C=O) groups excluding carboxylic acids is 2. The zero-order chi connectivity index (χ0) is 21.8. The van der Waals surface area contributed by atoms with Gasteiger partial charge in [-0.15, -0.1) is 0 Å². The van der Waals surface area contributed by atoms with E-state index in [4.69, 9.17) is 5.21 Å². The Morgan fingerprint density at radius 1 is 1.17 bits per heavy atom. The Bertz CT molecular complexity index is 1050. The summed E-state index contributed by atoms with van der Waals surface area (Å²) in [5, 5.41) is 31.7. The van der Waals surface area contributed by atoms with Gasteiger partial charge in [-0.3, -0.25) is 24.9 Å². The fraction of sp³-hybridized carbons (Fsp3) is 0.176. The van der Waals surface area contributed by atoms with E-state index < -0.39 is 37.9 Å². The Morgan fingerprint density at radius 2 is 1.79 bits per heavy atom. The van der Waals surface area contributed by atoms with Crippen LogP contribution in [0.3, 0.4) is 0 Å². The first-order valence-electron chi connectivity index (χ1n) is 8.02. The molecule has 2 rings (SSSR count). The summed E-state index contributed by atoms with van der Waals surface area (Å²) in [5.41, 5.74) is -1.15. The number of nitro benzene ring substituents is 1. The van der Waals surface area contributed by atoms with Crippen LogP contribution in [0.25, 0.3) is 0 Å². The number of nitro groups is 1. The van der Waals surface area contributed by atoms with Gasteiger partial charge in [-0.2, -0.15) is 0 Å². The normalized spacial score (nSPS) is 13.2. The van der Waals surface area contributed by atoms with Gasteiger partial charge in [-0.05, 0) is 37.3 Å². The van der Waals surface area contributed by atoms with E-state index >= 15 is 0 Å². The molecule has 11 nitrogen and oxygen atoms in total. The maximum atomic E-state index is 12.4. The van der Waals surface area contributed by atoms with Crippen LogP contribution in [0, 0.1) is 10.1 Å². The van der Waals surface area contributed by atoms with Crippen molar-refractivity contribution >= 4 is 33.0 Å². The molecule has 2 amide bonds. The van der Waals surface area contributed by atoms with Crippen molar-refractivity contribution < 1.29 is 33.2 Å². The highest BCUT2D eigenvalue weighted by molar-refractivity contribution is 7.91. The van der Waals surface area contributed by atoms with Crippen LogP contribution in [-0.4, -0.2) is 46.8 Å². The Hall–Kier alpha value is -3.35. The van der Waals surface area contributed by atoms with Gasteiger partial charge < -0.3 is 10.4 Å². The Kier molecular flexibility index (Phi) is 6.31. The standard InChI is InChI=1S/C17H17N3O8S/c1-17(23,16(22)19-24)10-29(27,28)14-7-5-12(6-8-14)18-15(21)11-3-2-4-13(9-11)20(25)26/h2-9,23-24H,10H2,1H3,(H,18,21)(H,19,22). The monoisotopic (exact) mass is 423 g/mol. The van der Waals surface area contributed by atoms with Gasteiger partial charge in [0.05, 0.1) is 15.6 Å². The third kappa shape index (κ3) is 5.34. The van der Waals surface area contributed by atoms with Gasteiger partial charge in [0.2, 0.25) is 0 Å². The smallest absolute Gasteiger partial charge is 0.276 e. The second kappa shape index (κ2) is 8.34. The Labute approximate surface area is 165 Å². The van der Waals surface area contributed by atoms with Gasteiger partial charge in [0.25, 0.3) is 17.5 Å². The summed E-state index contributed by atoms with van der Waals surface area (Å²) < 4.78 is 24.7. The molecule has 0 aliphatic carbocycles. The zero-order valence-electron chi connectivity index (χ0n) is 15.0. The summed E-state index contributed by atoms with van der Waals surface area (Å²) in [6, 6.07) is 9.96. The van der Waals surface area contributed by atoms with Crippen LogP contribution >= 0.6 is 0 Å². The molecule has 0 bridgehead atoms. The SMILES string of the molecule is CC(O)(CS(=O)(=O)c1ccc(NC(=O)c2cccc([N+](=O)[O-])c2)cc1)C(=O)NO. The molecule has 1 atom stereocenters. The summed E-state index contributed by atoms with van der Waals surface area (Å²) in [6.07, 6.45) is 0. The largest absolute Gasteiger partial charge is 0.379 e. The zero-order valence-corrected chi connectivity index (χ0v) is 15.8. The lowest BCUT2D eigenvalue weighted by Gasteiger charge is -2.20. The number of nitrogens with one attached hydrogen (secondary N) is 2. The molecule has 0 aliphatic rings. The number of anilines is 1. The summed E-state index contributed by atoms with van der Waals surface area (Å²) >= 11 is 0. The molecule has 29 heavy (non-hydrogen) atoms. The average Bonchev–Trinajstić information content (AvgIpc) is 2.67. The predicted octanol–water partition coefficient (Wildman–Crippen LogP) is 0.877. The quantitative estimate of drug-likeness (QED) is 0.288. The number of amides is 2. The second-order valence-electron chi connectivity index (χ2n) is 6.26. The maximum absolute atomic E-state index is 12.4. The van der Waals surface area contributed by atoms with Gasteiger partial charge in [-0.1, -0.05) is 6.07 Å². The van der Waals surface area contributed by atoms with E-state index in [1.54, 1.807) is 0 Å². The van der Waals surface area contributed by atoms with Crippen LogP contribution in [0.5, 0.6) is 0 Å². The van der Waals surface area contributed by atoms with Crippen molar-refractivity contribution in [2.75, 3.05) is 11.1 Å². The number of benzene rings is 2. The molecule has 0 radical (unpaired) electrons. The highest BCUT2D eigenvalue weighted by atomic mass is 32.2. The summed E-state index contributed by atoms with van der Waals surface area (Å²) in [6.45, 7) is 0.934. The first-order chi connectivity index (χ1) is 13.5. The first-order valence-corrected chi connectivity index (χ1v) is 9.67. The molecule has 0 heterocycles. The predicted molar refractivity (Wildman–Crippen MR) is 100 cm³/mol. The van der Waals surface area contributed by atoms with Crippen LogP contribution in [0.1, 0.15) is 17.3 Å². The van der Waals surface area contributed by atoms with Crippen molar-refractivity contribution in [1.82, 2.24) is 5.48 Å². The summed E-state index contributed by atoms with van der Waals surface area (Å²) in [7, 11) is -4.10. The van der Waals surface area contributed by atoms with Crippen LogP contribution in [0.2, 0.25) is 0 Å². The second-order valence-corrected chi connectivity index (χ2v) is 8.25. The minimum absolute atomic E-state index is 0.0435. The fourth-order valence-corrected chi connectivity index (χ4v) is 3.94. The lowest BCUT2D eigenvalue weighted by Crippen LogP contribution is -2.48. The molecule has 12 heteroatoms. The molecule has 0 fully saturated rings. The molecule has 0 aliphatic heterocycles. The maximum Gasteiger partial charge on any atom is 0.276 e. The molecule has 2 aromatic rings. The van der Waals surface area contributed by atoms with E-state index in [-0.39, 0.29) is 21.8 Å². The van der Waals surface area contributed by atoms with Crippen molar-refractivity contribution in [3.05, 3.63) is 64.2 Å². The highest BCUT2D eigenvalue weighted by Gasteiger charge is 2.36. The molecule has 0 saturated carbocycles. The van der Waals surface area contributed by atoms with E-state index in [0.717, 1.165) is 25.1 Å². The van der Waals surface area contributed by atoms with Gasteiger partial charge in [0.15, 0.2) is 15.4 Å². The van der Waals surface area contributed by atoms with E-state index in [0.29, 0.717) is 0 Å². The third-order valence-corrected chi connectivity index (χ3v) is 5.78. The van der Waals surface area contributed by atoms with Crippen molar-refractivity contribution in [3.63, 3.8) is 0 Å². The summed E-state index contributed by atoms with van der Waals surface area (Å²) in [4.78, 5) is 33.5. The van der Waals surface area contributed by atoms with Gasteiger partial charge in [-0.25, -0.2) is 13.9 Å². The van der Waals surface area contributed by atoms with Gasteiger partial charge >= 0.3 is 0 Å². The van der Waals surface area contributed by atoms with Gasteiger partial charge in [0.1, 0.15) is 0 Å². The van der Waals surface area contributed by atoms with Crippen LogP contribution < -0.4 is 10.8 Å². The average molecular weight is 423 g/mol. The molecular weight excluding hydrogens is 406 g/mol. The van der Waals surface area contributed by atoms with Crippen molar-refractivity contribution in [2.45, 2.75) is 17.4 Å². The Morgan fingerprint density at radius 3 is 2.34 bits per heavy atom. The number of aliphatic hydroxyl groups is 1. The third-order valence-electron chi connectivity index (χ3n) is 3.85. The molecule has 0 aromatic heterocycles. The molecular formula is C17H17N3O8S. The van der Waals surface area contributed by atoms with E-state index in [9.17, 15) is 33.2 Å². The number of hydroxylamine groups is 1. The number of nitrogens with zero attached hydrogens (tertiary/aromatic N) is 1. The van der Waals surface area contributed by atoms with Crippen LogP contribution in [0.15, 0.2) is 53.4 Å². The minimum atomic E-state index is -4.10. The van der Waals surface area contributed by atoms with Crippen molar-refractivity contribution in [1.29, 1.82) is 0 Å². The molecule has 4 N–H and O–H groups in total. The molecule has 0 spiro atoms. The number of non-ortho nitro benzene ring substituents is 1. The summed E-state index contributed by atoms with van der Waals surface area (Å²) in [5.74, 6) is -2.89.